The van der Waals surface area contributed by atoms with E-state index in [0.29, 0.717) is 17.1 Å². The van der Waals surface area contributed by atoms with Crippen molar-refractivity contribution in [1.82, 2.24) is 10.9 Å². The summed E-state index contributed by atoms with van der Waals surface area (Å²) < 4.78 is 11.0. The van der Waals surface area contributed by atoms with Crippen molar-refractivity contribution >= 4 is 11.8 Å². The monoisotopic (exact) mass is 326 g/mol. The van der Waals surface area contributed by atoms with Crippen molar-refractivity contribution in [3.8, 4) is 11.5 Å². The number of rotatable bonds is 3. The van der Waals surface area contributed by atoms with Crippen molar-refractivity contribution in [2.24, 2.45) is 0 Å². The Labute approximate surface area is 139 Å². The van der Waals surface area contributed by atoms with E-state index in [2.05, 4.69) is 10.9 Å². The van der Waals surface area contributed by atoms with Crippen molar-refractivity contribution in [2.75, 3.05) is 6.61 Å². The second-order valence-electron chi connectivity index (χ2n) is 5.36. The first kappa shape index (κ1) is 15.9. The van der Waals surface area contributed by atoms with Crippen molar-refractivity contribution in [2.45, 2.75) is 19.4 Å². The Balaban J connectivity index is 1.55. The van der Waals surface area contributed by atoms with Gasteiger partial charge in [0.05, 0.1) is 0 Å². The molecule has 0 aliphatic carbocycles. The third-order valence-electron chi connectivity index (χ3n) is 3.72. The molecule has 0 fully saturated rings. The molecule has 0 bridgehead atoms. The molecule has 24 heavy (non-hydrogen) atoms. The number of carbonyl (C=O) groups excluding carboxylic acids is 2. The van der Waals surface area contributed by atoms with Crippen LogP contribution in [0.1, 0.15) is 22.8 Å². The van der Waals surface area contributed by atoms with E-state index in [4.69, 9.17) is 9.47 Å². The summed E-state index contributed by atoms with van der Waals surface area (Å²) in [5.41, 5.74) is 6.36. The number of hydrazine groups is 1. The number of amides is 2. The van der Waals surface area contributed by atoms with Crippen LogP contribution in [-0.4, -0.2) is 24.5 Å². The summed E-state index contributed by atoms with van der Waals surface area (Å²) in [6.07, 6.45) is 0.0849. The van der Waals surface area contributed by atoms with Crippen LogP contribution in [0.2, 0.25) is 0 Å². The van der Waals surface area contributed by atoms with Gasteiger partial charge in [-0.15, -0.1) is 0 Å². The van der Waals surface area contributed by atoms with E-state index in [1.165, 1.54) is 0 Å². The molecule has 124 valence electrons. The predicted molar refractivity (Wildman–Crippen MR) is 87.8 cm³/mol. The fourth-order valence-electron chi connectivity index (χ4n) is 2.31. The van der Waals surface area contributed by atoms with Gasteiger partial charge >= 0.3 is 0 Å². The SMILES string of the molecule is CCc1ccc(C(=O)NNC(=O)[C@@H]2COc3ccccc3O2)cc1. The molecule has 0 radical (unpaired) electrons. The van der Waals surface area contributed by atoms with Crippen LogP contribution in [0.4, 0.5) is 0 Å². The normalized spacial score (nSPS) is 15.5. The van der Waals surface area contributed by atoms with E-state index >= 15 is 0 Å². The molecule has 3 rings (SSSR count). The quantitative estimate of drug-likeness (QED) is 0.844. The molecule has 2 aromatic carbocycles. The average Bonchev–Trinajstić information content (AvgIpc) is 2.65. The minimum atomic E-state index is -0.817. The lowest BCUT2D eigenvalue weighted by Crippen LogP contribution is -2.50. The summed E-state index contributed by atoms with van der Waals surface area (Å²) in [6, 6.07) is 14.3. The highest BCUT2D eigenvalue weighted by atomic mass is 16.6. The Hall–Kier alpha value is -3.02. The Morgan fingerprint density at radius 3 is 2.46 bits per heavy atom. The number of benzene rings is 2. The molecule has 0 unspecified atom stereocenters. The van der Waals surface area contributed by atoms with Gasteiger partial charge in [0.15, 0.2) is 11.5 Å². The van der Waals surface area contributed by atoms with E-state index in [1.807, 2.05) is 25.1 Å². The largest absolute Gasteiger partial charge is 0.485 e. The molecule has 6 heteroatoms. The summed E-state index contributed by atoms with van der Waals surface area (Å²) in [5.74, 6) is 0.248. The molecule has 0 saturated carbocycles. The van der Waals surface area contributed by atoms with Crippen molar-refractivity contribution < 1.29 is 19.1 Å². The predicted octanol–water partition coefficient (Wildman–Crippen LogP) is 1.85. The van der Waals surface area contributed by atoms with Crippen molar-refractivity contribution in [1.29, 1.82) is 0 Å². The van der Waals surface area contributed by atoms with Gasteiger partial charge in [0.2, 0.25) is 6.10 Å². The van der Waals surface area contributed by atoms with Gasteiger partial charge in [-0.1, -0.05) is 31.2 Å². The number of para-hydroxylation sites is 2. The van der Waals surface area contributed by atoms with Crippen LogP contribution in [-0.2, 0) is 11.2 Å². The second kappa shape index (κ2) is 7.04. The zero-order valence-corrected chi connectivity index (χ0v) is 13.2. The van der Waals surface area contributed by atoms with Crippen LogP contribution in [0.5, 0.6) is 11.5 Å². The smallest absolute Gasteiger partial charge is 0.283 e. The number of hydrogen-bond donors (Lipinski definition) is 2. The van der Waals surface area contributed by atoms with Gasteiger partial charge in [0.1, 0.15) is 6.61 Å². The number of hydrogen-bond acceptors (Lipinski definition) is 4. The average molecular weight is 326 g/mol. The lowest BCUT2D eigenvalue weighted by atomic mass is 10.1. The van der Waals surface area contributed by atoms with Gasteiger partial charge in [-0.2, -0.15) is 0 Å². The molecule has 2 amide bonds. The molecule has 0 spiro atoms. The van der Waals surface area contributed by atoms with Crippen LogP contribution in [0.3, 0.4) is 0 Å². The highest BCUT2D eigenvalue weighted by Gasteiger charge is 2.27. The van der Waals surface area contributed by atoms with E-state index < -0.39 is 12.0 Å². The highest BCUT2D eigenvalue weighted by molar-refractivity contribution is 5.95. The first-order valence-electron chi connectivity index (χ1n) is 7.75. The zero-order valence-electron chi connectivity index (χ0n) is 13.2. The number of aryl methyl sites for hydroxylation is 1. The maximum Gasteiger partial charge on any atom is 0.283 e. The first-order valence-corrected chi connectivity index (χ1v) is 7.75. The van der Waals surface area contributed by atoms with E-state index in [9.17, 15) is 9.59 Å². The summed E-state index contributed by atoms with van der Waals surface area (Å²) in [4.78, 5) is 24.1. The third kappa shape index (κ3) is 3.48. The molecule has 2 N–H and O–H groups in total. The van der Waals surface area contributed by atoms with E-state index in [-0.39, 0.29) is 12.5 Å². The number of nitrogens with one attached hydrogen (secondary N) is 2. The van der Waals surface area contributed by atoms with E-state index in [1.54, 1.807) is 30.3 Å². The van der Waals surface area contributed by atoms with Crippen LogP contribution in [0.25, 0.3) is 0 Å². The third-order valence-corrected chi connectivity index (χ3v) is 3.72. The summed E-state index contributed by atoms with van der Waals surface area (Å²) in [5, 5.41) is 0. The minimum absolute atomic E-state index is 0.0872. The molecule has 1 heterocycles. The second-order valence-corrected chi connectivity index (χ2v) is 5.36. The highest BCUT2D eigenvalue weighted by Crippen LogP contribution is 2.30. The number of fused-ring (bicyclic) bond motifs is 1. The van der Waals surface area contributed by atoms with Crippen LogP contribution >= 0.6 is 0 Å². The van der Waals surface area contributed by atoms with Crippen LogP contribution in [0.15, 0.2) is 48.5 Å². The standard InChI is InChI=1S/C18H18N2O4/c1-2-12-7-9-13(10-8-12)17(21)19-20-18(22)16-11-23-14-5-3-4-6-15(14)24-16/h3-10,16H,2,11H2,1H3,(H,19,21)(H,20,22)/t16-/m0/s1. The zero-order chi connectivity index (χ0) is 16.9. The fourth-order valence-corrected chi connectivity index (χ4v) is 2.31. The minimum Gasteiger partial charge on any atom is -0.485 e. The fraction of sp³-hybridized carbons (Fsp3) is 0.222. The van der Waals surface area contributed by atoms with Gasteiger partial charge in [-0.05, 0) is 36.2 Å². The van der Waals surface area contributed by atoms with Gasteiger partial charge in [-0.25, -0.2) is 0 Å². The van der Waals surface area contributed by atoms with E-state index in [0.717, 1.165) is 12.0 Å². The molecular formula is C18H18N2O4. The molecule has 2 aromatic rings. The Kier molecular flexibility index (Phi) is 4.65. The lowest BCUT2D eigenvalue weighted by Gasteiger charge is -2.25. The maximum atomic E-state index is 12.1. The molecule has 1 atom stereocenters. The van der Waals surface area contributed by atoms with Crippen molar-refractivity contribution in [3.05, 3.63) is 59.7 Å². The molecule has 1 aliphatic heterocycles. The number of carbonyl (C=O) groups is 2. The lowest BCUT2D eigenvalue weighted by molar-refractivity contribution is -0.131. The Morgan fingerprint density at radius 2 is 1.75 bits per heavy atom. The summed E-state index contributed by atoms with van der Waals surface area (Å²) in [6.45, 7) is 2.13. The molecular weight excluding hydrogens is 308 g/mol. The van der Waals surface area contributed by atoms with Crippen LogP contribution in [0, 0.1) is 0 Å². The summed E-state index contributed by atoms with van der Waals surface area (Å²) >= 11 is 0. The molecule has 1 aliphatic rings. The van der Waals surface area contributed by atoms with Gasteiger partial charge in [0, 0.05) is 5.56 Å². The van der Waals surface area contributed by atoms with Gasteiger partial charge in [0.25, 0.3) is 11.8 Å². The topological polar surface area (TPSA) is 76.7 Å². The maximum absolute atomic E-state index is 12.1. The number of ether oxygens (including phenoxy) is 2. The molecule has 0 aromatic heterocycles. The van der Waals surface area contributed by atoms with Crippen LogP contribution < -0.4 is 20.3 Å². The van der Waals surface area contributed by atoms with Crippen molar-refractivity contribution in [3.63, 3.8) is 0 Å². The first-order chi connectivity index (χ1) is 11.7. The molecule has 0 saturated heterocycles. The molecule has 6 nitrogen and oxygen atoms in total. The summed E-state index contributed by atoms with van der Waals surface area (Å²) in [7, 11) is 0. The Bertz CT molecular complexity index is 743. The van der Waals surface area contributed by atoms with Gasteiger partial charge in [-0.3, -0.25) is 20.4 Å². The van der Waals surface area contributed by atoms with Gasteiger partial charge < -0.3 is 9.47 Å². The Morgan fingerprint density at radius 1 is 1.04 bits per heavy atom.